The number of rotatable bonds is 3. The molecule has 112 valence electrons. The summed E-state index contributed by atoms with van der Waals surface area (Å²) < 4.78 is 2.02. The molecule has 2 aromatic heterocycles. The predicted molar refractivity (Wildman–Crippen MR) is 78.6 cm³/mol. The number of carbonyl (C=O) groups is 1. The van der Waals surface area contributed by atoms with Crippen molar-refractivity contribution in [2.24, 2.45) is 5.92 Å². The van der Waals surface area contributed by atoms with Crippen LogP contribution in [0.15, 0.2) is 18.6 Å². The summed E-state index contributed by atoms with van der Waals surface area (Å²) >= 11 is 0. The first-order chi connectivity index (χ1) is 10.1. The molecule has 6 nitrogen and oxygen atoms in total. The number of aromatic nitrogens is 3. The normalized spacial score (nSPS) is 15.9. The fourth-order valence-electron chi connectivity index (χ4n) is 2.49. The van der Waals surface area contributed by atoms with E-state index in [9.17, 15) is 4.79 Å². The van der Waals surface area contributed by atoms with Crippen molar-refractivity contribution in [1.82, 2.24) is 19.6 Å². The second kappa shape index (κ2) is 5.81. The molecule has 0 aliphatic carbocycles. The van der Waals surface area contributed by atoms with Gasteiger partial charge in [-0.2, -0.15) is 0 Å². The van der Waals surface area contributed by atoms with Gasteiger partial charge >= 0.3 is 0 Å². The third kappa shape index (κ3) is 2.90. The molecule has 0 aromatic carbocycles. The third-order valence-electron chi connectivity index (χ3n) is 3.49. The Morgan fingerprint density at radius 1 is 1.38 bits per heavy atom. The van der Waals surface area contributed by atoms with E-state index in [1.165, 1.54) is 5.06 Å². The predicted octanol–water partition coefficient (Wildman–Crippen LogP) is 2.25. The van der Waals surface area contributed by atoms with Crippen molar-refractivity contribution in [3.63, 3.8) is 0 Å². The van der Waals surface area contributed by atoms with E-state index >= 15 is 0 Å². The Labute approximate surface area is 123 Å². The summed E-state index contributed by atoms with van der Waals surface area (Å²) in [5.74, 6) is 0.384. The summed E-state index contributed by atoms with van der Waals surface area (Å²) in [7, 11) is 0. The number of amides is 1. The molecule has 3 rings (SSSR count). The van der Waals surface area contributed by atoms with Gasteiger partial charge in [0.05, 0.1) is 18.5 Å². The SMILES string of the molecule is CC(C)Cn1cnc2cc(C(=O)N3CCCCO3)cnc21. The van der Waals surface area contributed by atoms with E-state index in [2.05, 4.69) is 23.8 Å². The summed E-state index contributed by atoms with van der Waals surface area (Å²) in [6.45, 7) is 6.41. The molecule has 3 heterocycles. The fraction of sp³-hybridized carbons (Fsp3) is 0.533. The second-order valence-electron chi connectivity index (χ2n) is 5.81. The number of fused-ring (bicyclic) bond motifs is 1. The molecular formula is C15H20N4O2. The number of imidazole rings is 1. The zero-order valence-electron chi connectivity index (χ0n) is 12.5. The van der Waals surface area contributed by atoms with Crippen LogP contribution in [0.25, 0.3) is 11.2 Å². The summed E-state index contributed by atoms with van der Waals surface area (Å²) in [6.07, 6.45) is 5.37. The van der Waals surface area contributed by atoms with Gasteiger partial charge in [-0.05, 0) is 24.8 Å². The Morgan fingerprint density at radius 3 is 2.95 bits per heavy atom. The first kappa shape index (κ1) is 14.0. The minimum absolute atomic E-state index is 0.137. The van der Waals surface area contributed by atoms with Crippen LogP contribution in [0.2, 0.25) is 0 Å². The lowest BCUT2D eigenvalue weighted by molar-refractivity contribution is -0.144. The van der Waals surface area contributed by atoms with Crippen LogP contribution in [0.3, 0.4) is 0 Å². The van der Waals surface area contributed by atoms with Gasteiger partial charge in [0.1, 0.15) is 5.52 Å². The van der Waals surface area contributed by atoms with Crippen molar-refractivity contribution in [2.75, 3.05) is 13.2 Å². The highest BCUT2D eigenvalue weighted by Crippen LogP contribution is 2.16. The number of nitrogens with zero attached hydrogens (tertiary/aromatic N) is 4. The maximum atomic E-state index is 12.4. The zero-order chi connectivity index (χ0) is 14.8. The van der Waals surface area contributed by atoms with Crippen LogP contribution >= 0.6 is 0 Å². The van der Waals surface area contributed by atoms with Crippen molar-refractivity contribution in [1.29, 1.82) is 0 Å². The molecule has 0 radical (unpaired) electrons. The number of hydrogen-bond acceptors (Lipinski definition) is 4. The topological polar surface area (TPSA) is 60.2 Å². The van der Waals surface area contributed by atoms with Crippen molar-refractivity contribution < 1.29 is 9.63 Å². The van der Waals surface area contributed by atoms with Gasteiger partial charge in [-0.1, -0.05) is 13.8 Å². The molecule has 6 heteroatoms. The number of carbonyl (C=O) groups excluding carboxylic acids is 1. The molecule has 1 fully saturated rings. The van der Waals surface area contributed by atoms with Gasteiger partial charge in [0.15, 0.2) is 5.65 Å². The number of hydroxylamine groups is 2. The van der Waals surface area contributed by atoms with Gasteiger partial charge in [-0.25, -0.2) is 15.0 Å². The van der Waals surface area contributed by atoms with E-state index < -0.39 is 0 Å². The minimum atomic E-state index is -0.137. The average molecular weight is 288 g/mol. The first-order valence-electron chi connectivity index (χ1n) is 7.41. The van der Waals surface area contributed by atoms with E-state index in [0.717, 1.165) is 30.6 Å². The van der Waals surface area contributed by atoms with Gasteiger partial charge in [0.25, 0.3) is 5.91 Å². The van der Waals surface area contributed by atoms with E-state index in [1.807, 2.05) is 4.57 Å². The molecule has 1 saturated heterocycles. The molecule has 1 aliphatic rings. The number of pyridine rings is 1. The lowest BCUT2D eigenvalue weighted by Gasteiger charge is -2.25. The molecular weight excluding hydrogens is 268 g/mol. The molecule has 0 N–H and O–H groups in total. The molecule has 21 heavy (non-hydrogen) atoms. The Balaban J connectivity index is 1.85. The van der Waals surface area contributed by atoms with Crippen LogP contribution in [-0.4, -0.2) is 38.7 Å². The van der Waals surface area contributed by atoms with Gasteiger partial charge in [0.2, 0.25) is 0 Å². The van der Waals surface area contributed by atoms with Crippen LogP contribution in [0.1, 0.15) is 37.0 Å². The number of hydrogen-bond donors (Lipinski definition) is 0. The molecule has 0 bridgehead atoms. The molecule has 2 aromatic rings. The van der Waals surface area contributed by atoms with E-state index in [4.69, 9.17) is 4.84 Å². The molecule has 0 atom stereocenters. The Hall–Kier alpha value is -1.95. The molecule has 1 aliphatic heterocycles. The molecule has 0 saturated carbocycles. The summed E-state index contributed by atoms with van der Waals surface area (Å²) in [4.78, 5) is 26.5. The zero-order valence-corrected chi connectivity index (χ0v) is 12.5. The smallest absolute Gasteiger partial charge is 0.279 e. The first-order valence-corrected chi connectivity index (χ1v) is 7.41. The highest BCUT2D eigenvalue weighted by Gasteiger charge is 2.20. The standard InChI is InChI=1S/C15H20N4O2/c1-11(2)9-18-10-17-13-7-12(8-16-14(13)18)15(20)19-5-3-4-6-21-19/h7-8,10-11H,3-6,9H2,1-2H3. The van der Waals surface area contributed by atoms with Crippen LogP contribution in [0.4, 0.5) is 0 Å². The van der Waals surface area contributed by atoms with Crippen molar-refractivity contribution >= 4 is 17.1 Å². The maximum Gasteiger partial charge on any atom is 0.279 e. The van der Waals surface area contributed by atoms with Crippen LogP contribution in [0.5, 0.6) is 0 Å². The molecule has 0 unspecified atom stereocenters. The van der Waals surface area contributed by atoms with E-state index in [0.29, 0.717) is 24.6 Å². The Kier molecular flexibility index (Phi) is 3.88. The van der Waals surface area contributed by atoms with Gasteiger partial charge < -0.3 is 4.57 Å². The lowest BCUT2D eigenvalue weighted by Crippen LogP contribution is -2.35. The van der Waals surface area contributed by atoms with Gasteiger partial charge in [-0.3, -0.25) is 9.63 Å². The van der Waals surface area contributed by atoms with Crippen molar-refractivity contribution in [2.45, 2.75) is 33.2 Å². The minimum Gasteiger partial charge on any atom is -0.315 e. The van der Waals surface area contributed by atoms with Crippen molar-refractivity contribution in [3.05, 3.63) is 24.2 Å². The molecule has 1 amide bonds. The fourth-order valence-corrected chi connectivity index (χ4v) is 2.49. The van der Waals surface area contributed by atoms with Gasteiger partial charge in [0, 0.05) is 19.3 Å². The lowest BCUT2D eigenvalue weighted by atomic mass is 10.2. The van der Waals surface area contributed by atoms with Crippen LogP contribution < -0.4 is 0 Å². The highest BCUT2D eigenvalue weighted by molar-refractivity contribution is 5.95. The van der Waals surface area contributed by atoms with Gasteiger partial charge in [-0.15, -0.1) is 0 Å². The summed E-state index contributed by atoms with van der Waals surface area (Å²) in [5, 5.41) is 1.43. The largest absolute Gasteiger partial charge is 0.315 e. The van der Waals surface area contributed by atoms with Crippen LogP contribution in [0, 0.1) is 5.92 Å². The maximum absolute atomic E-state index is 12.4. The Bertz CT molecular complexity index is 644. The summed E-state index contributed by atoms with van der Waals surface area (Å²) in [5.41, 5.74) is 2.09. The highest BCUT2D eigenvalue weighted by atomic mass is 16.7. The quantitative estimate of drug-likeness (QED) is 0.869. The average Bonchev–Trinajstić information content (AvgIpc) is 2.89. The third-order valence-corrected chi connectivity index (χ3v) is 3.49. The van der Waals surface area contributed by atoms with Crippen molar-refractivity contribution in [3.8, 4) is 0 Å². The van der Waals surface area contributed by atoms with Crippen LogP contribution in [-0.2, 0) is 11.4 Å². The van der Waals surface area contributed by atoms with E-state index in [-0.39, 0.29) is 5.91 Å². The monoisotopic (exact) mass is 288 g/mol. The summed E-state index contributed by atoms with van der Waals surface area (Å²) in [6, 6.07) is 1.79. The second-order valence-corrected chi connectivity index (χ2v) is 5.81. The molecule has 0 spiro atoms. The van der Waals surface area contributed by atoms with E-state index in [1.54, 1.807) is 18.6 Å². The Morgan fingerprint density at radius 2 is 2.24 bits per heavy atom.